The van der Waals surface area contributed by atoms with Gasteiger partial charge in [0.15, 0.2) is 5.65 Å². The number of hydrogen-bond donors (Lipinski definition) is 0. The maximum absolute atomic E-state index is 13.3. The lowest BCUT2D eigenvalue weighted by molar-refractivity contribution is 0.0641. The van der Waals surface area contributed by atoms with Crippen LogP contribution in [0.25, 0.3) is 5.65 Å². The molecule has 0 saturated carbocycles. The topological polar surface area (TPSA) is 68.3 Å². The van der Waals surface area contributed by atoms with Gasteiger partial charge < -0.3 is 4.90 Å². The Labute approximate surface area is 151 Å². The summed E-state index contributed by atoms with van der Waals surface area (Å²) in [5.41, 5.74) is 5.87. The molecule has 1 fully saturated rings. The fourth-order valence-corrected chi connectivity index (χ4v) is 4.63. The molecule has 3 aromatic rings. The summed E-state index contributed by atoms with van der Waals surface area (Å²) in [5, 5.41) is 8.97. The van der Waals surface area contributed by atoms with Crippen molar-refractivity contribution in [3.63, 3.8) is 0 Å². The minimum atomic E-state index is 0.0852. The normalized spacial score (nSPS) is 21.4. The molecule has 1 saturated heterocycles. The largest absolute Gasteiger partial charge is 0.328 e. The highest BCUT2D eigenvalue weighted by atomic mass is 16.2. The van der Waals surface area contributed by atoms with Gasteiger partial charge in [-0.15, -0.1) is 0 Å². The van der Waals surface area contributed by atoms with Crippen molar-refractivity contribution in [3.8, 4) is 0 Å². The fourth-order valence-electron chi connectivity index (χ4n) is 4.63. The van der Waals surface area contributed by atoms with Gasteiger partial charge in [0.25, 0.3) is 5.91 Å². The van der Waals surface area contributed by atoms with Crippen LogP contribution in [0, 0.1) is 13.8 Å². The van der Waals surface area contributed by atoms with E-state index in [9.17, 15) is 4.79 Å². The number of amides is 1. The molecule has 0 N–H and O–H groups in total. The molecule has 5 heterocycles. The first-order valence-electron chi connectivity index (χ1n) is 9.27. The quantitative estimate of drug-likeness (QED) is 0.712. The van der Waals surface area contributed by atoms with Crippen LogP contribution in [-0.4, -0.2) is 41.2 Å². The van der Waals surface area contributed by atoms with Crippen molar-refractivity contribution in [1.82, 2.24) is 29.3 Å². The molecule has 7 heteroatoms. The molecule has 2 atom stereocenters. The molecule has 7 nitrogen and oxygen atoms in total. The van der Waals surface area contributed by atoms with Gasteiger partial charge in [-0.3, -0.25) is 9.48 Å². The van der Waals surface area contributed by atoms with E-state index in [2.05, 4.69) is 20.1 Å². The molecular weight excluding hydrogens is 328 g/mol. The Hall–Kier alpha value is -2.70. The summed E-state index contributed by atoms with van der Waals surface area (Å²) in [4.78, 5) is 20.0. The van der Waals surface area contributed by atoms with Gasteiger partial charge in [0.1, 0.15) is 0 Å². The number of carbonyl (C=O) groups is 1. The van der Waals surface area contributed by atoms with Gasteiger partial charge in [0.2, 0.25) is 0 Å². The molecule has 2 aliphatic heterocycles. The van der Waals surface area contributed by atoms with Crippen LogP contribution in [0.5, 0.6) is 0 Å². The summed E-state index contributed by atoms with van der Waals surface area (Å²) in [6.07, 6.45) is 6.50. The summed E-state index contributed by atoms with van der Waals surface area (Å²) < 4.78 is 3.85. The van der Waals surface area contributed by atoms with Gasteiger partial charge in [-0.1, -0.05) is 0 Å². The lowest BCUT2D eigenvalue weighted by Crippen LogP contribution is -2.42. The summed E-state index contributed by atoms with van der Waals surface area (Å²) in [5.74, 6) is 0.0945. The molecule has 26 heavy (non-hydrogen) atoms. The first kappa shape index (κ1) is 15.5. The Morgan fingerprint density at radius 1 is 1.27 bits per heavy atom. The summed E-state index contributed by atoms with van der Waals surface area (Å²) in [6, 6.07) is 2.31. The lowest BCUT2D eigenvalue weighted by Gasteiger charge is -2.36. The van der Waals surface area contributed by atoms with E-state index < -0.39 is 0 Å². The van der Waals surface area contributed by atoms with E-state index >= 15 is 0 Å². The van der Waals surface area contributed by atoms with Gasteiger partial charge in [-0.05, 0) is 33.6 Å². The Bertz CT molecular complexity index is 1030. The van der Waals surface area contributed by atoms with Crippen molar-refractivity contribution in [1.29, 1.82) is 0 Å². The van der Waals surface area contributed by atoms with E-state index in [-0.39, 0.29) is 18.0 Å². The van der Waals surface area contributed by atoms with Crippen molar-refractivity contribution < 1.29 is 4.79 Å². The minimum Gasteiger partial charge on any atom is -0.328 e. The van der Waals surface area contributed by atoms with Crippen LogP contribution in [0.15, 0.2) is 18.5 Å². The monoisotopic (exact) mass is 350 g/mol. The van der Waals surface area contributed by atoms with Crippen molar-refractivity contribution in [2.45, 2.75) is 58.7 Å². The molecule has 0 unspecified atom stereocenters. The molecule has 0 spiro atoms. The Balaban J connectivity index is 1.58. The van der Waals surface area contributed by atoms with Gasteiger partial charge in [-0.2, -0.15) is 10.2 Å². The number of aromatic nitrogens is 5. The van der Waals surface area contributed by atoms with Crippen LogP contribution in [0.1, 0.15) is 58.8 Å². The lowest BCUT2D eigenvalue weighted by atomic mass is 9.98. The predicted octanol–water partition coefficient (Wildman–Crippen LogP) is 2.46. The molecule has 0 radical (unpaired) electrons. The highest BCUT2D eigenvalue weighted by Crippen LogP contribution is 2.44. The Kier molecular flexibility index (Phi) is 3.23. The van der Waals surface area contributed by atoms with Crippen molar-refractivity contribution in [2.24, 2.45) is 0 Å². The third-order valence-electron chi connectivity index (χ3n) is 5.90. The number of nitrogens with zero attached hydrogens (tertiary/aromatic N) is 6. The molecule has 5 rings (SSSR count). The average molecular weight is 350 g/mol. The first-order valence-corrected chi connectivity index (χ1v) is 9.27. The van der Waals surface area contributed by atoms with E-state index in [1.54, 1.807) is 6.20 Å². The molecular formula is C19H22N6O. The zero-order valence-corrected chi connectivity index (χ0v) is 15.3. The van der Waals surface area contributed by atoms with Crippen LogP contribution < -0.4 is 0 Å². The van der Waals surface area contributed by atoms with Crippen molar-refractivity contribution in [3.05, 3.63) is 46.7 Å². The van der Waals surface area contributed by atoms with Crippen molar-refractivity contribution in [2.75, 3.05) is 0 Å². The molecule has 0 aromatic carbocycles. The van der Waals surface area contributed by atoms with Crippen LogP contribution in [0.4, 0.5) is 0 Å². The smallest absolute Gasteiger partial charge is 0.258 e. The highest BCUT2D eigenvalue weighted by molar-refractivity contribution is 5.96. The number of hydrogen-bond acceptors (Lipinski definition) is 4. The Morgan fingerprint density at radius 2 is 2.12 bits per heavy atom. The second kappa shape index (κ2) is 5.40. The third-order valence-corrected chi connectivity index (χ3v) is 5.90. The SMILES string of the molecule is CCn1ncc(C(=O)N2[C@@H]3CC[C@@H]2c2cnc4cc(C)nn4c2C3)c1C. The molecule has 3 aromatic heterocycles. The number of fused-ring (bicyclic) bond motifs is 6. The Morgan fingerprint density at radius 3 is 2.88 bits per heavy atom. The average Bonchev–Trinajstić information content (AvgIpc) is 3.28. The summed E-state index contributed by atoms with van der Waals surface area (Å²) in [6.45, 7) is 6.77. The first-order chi connectivity index (χ1) is 12.6. The maximum Gasteiger partial charge on any atom is 0.258 e. The molecule has 134 valence electrons. The van der Waals surface area contributed by atoms with E-state index in [1.807, 2.05) is 42.2 Å². The van der Waals surface area contributed by atoms with E-state index in [0.717, 1.165) is 54.0 Å². The number of rotatable bonds is 2. The maximum atomic E-state index is 13.3. The van der Waals surface area contributed by atoms with E-state index in [4.69, 9.17) is 0 Å². The molecule has 2 bridgehead atoms. The number of carbonyl (C=O) groups excluding carboxylic acids is 1. The second-order valence-electron chi connectivity index (χ2n) is 7.34. The van der Waals surface area contributed by atoms with Crippen LogP contribution in [0.2, 0.25) is 0 Å². The molecule has 2 aliphatic rings. The highest BCUT2D eigenvalue weighted by Gasteiger charge is 2.44. The zero-order valence-electron chi connectivity index (χ0n) is 15.3. The second-order valence-corrected chi connectivity index (χ2v) is 7.34. The summed E-state index contributed by atoms with van der Waals surface area (Å²) in [7, 11) is 0. The zero-order chi connectivity index (χ0) is 18.0. The fraction of sp³-hybridized carbons (Fsp3) is 0.474. The standard InChI is InChI=1S/C19H22N6O/c1-4-23-12(3)14(10-21-23)19(26)24-13-5-6-16(24)15-9-20-18-7-11(2)22-25(18)17(15)8-13/h7,9-10,13,16H,4-6,8H2,1-3H3/t13-,16-/m1/s1. The van der Waals surface area contributed by atoms with Crippen LogP contribution in [0.3, 0.4) is 0 Å². The van der Waals surface area contributed by atoms with Crippen molar-refractivity contribution >= 4 is 11.6 Å². The van der Waals surface area contributed by atoms with E-state index in [1.165, 1.54) is 5.69 Å². The van der Waals surface area contributed by atoms with Gasteiger partial charge >= 0.3 is 0 Å². The van der Waals surface area contributed by atoms with E-state index in [0.29, 0.717) is 0 Å². The number of aryl methyl sites for hydroxylation is 2. The van der Waals surface area contributed by atoms with Gasteiger partial charge in [-0.25, -0.2) is 9.50 Å². The van der Waals surface area contributed by atoms with Crippen LogP contribution in [-0.2, 0) is 13.0 Å². The molecule has 0 aliphatic carbocycles. The third kappa shape index (κ3) is 2.00. The summed E-state index contributed by atoms with van der Waals surface area (Å²) >= 11 is 0. The van der Waals surface area contributed by atoms with Gasteiger partial charge in [0.05, 0.1) is 29.2 Å². The predicted molar refractivity (Wildman–Crippen MR) is 96.0 cm³/mol. The van der Waals surface area contributed by atoms with Crippen LogP contribution >= 0.6 is 0 Å². The van der Waals surface area contributed by atoms with Gasteiger partial charge in [0, 0.05) is 42.5 Å². The minimum absolute atomic E-state index is 0.0852. The molecule has 1 amide bonds.